The second-order valence-electron chi connectivity index (χ2n) is 3.59. The maximum atomic E-state index is 11.2. The van der Waals surface area contributed by atoms with Gasteiger partial charge in [-0.2, -0.15) is 0 Å². The number of hydrogen-bond acceptors (Lipinski definition) is 4. The molecule has 0 aromatic carbocycles. The molecule has 0 aliphatic heterocycles. The van der Waals surface area contributed by atoms with E-state index in [4.69, 9.17) is 10.8 Å². The van der Waals surface area contributed by atoms with E-state index in [9.17, 15) is 4.79 Å². The van der Waals surface area contributed by atoms with Gasteiger partial charge in [-0.05, 0) is 12.8 Å². The number of aliphatic hydroxyl groups is 1. The Hall–Kier alpha value is -0.650. The quantitative estimate of drug-likeness (QED) is 0.429. The molecular formula is C10H23N3O2. The van der Waals surface area contributed by atoms with Gasteiger partial charge in [-0.15, -0.1) is 0 Å². The summed E-state index contributed by atoms with van der Waals surface area (Å²) in [5.74, 6) is -0.0169. The lowest BCUT2D eigenvalue weighted by Crippen LogP contribution is -2.45. The molecule has 0 bridgehead atoms. The van der Waals surface area contributed by atoms with Crippen molar-refractivity contribution in [1.82, 2.24) is 10.6 Å². The minimum absolute atomic E-state index is 0.0125. The minimum atomic E-state index is -0.0169. The number of carbonyl (C=O) groups is 1. The standard InChI is InChI=1S/C10H23N3O2/c1-3-8(4-5-14)13-9(7-11)6-10(15)12-2/h8-9,13-14H,3-7,11H2,1-2H3,(H,12,15). The molecule has 0 spiro atoms. The van der Waals surface area contributed by atoms with Crippen LogP contribution < -0.4 is 16.4 Å². The van der Waals surface area contributed by atoms with Gasteiger partial charge in [0.25, 0.3) is 0 Å². The minimum Gasteiger partial charge on any atom is -0.396 e. The first-order valence-electron chi connectivity index (χ1n) is 5.45. The molecule has 0 saturated heterocycles. The van der Waals surface area contributed by atoms with Crippen LogP contribution in [0, 0.1) is 0 Å². The monoisotopic (exact) mass is 217 g/mol. The summed E-state index contributed by atoms with van der Waals surface area (Å²) in [7, 11) is 1.61. The van der Waals surface area contributed by atoms with E-state index in [2.05, 4.69) is 10.6 Å². The van der Waals surface area contributed by atoms with E-state index in [1.54, 1.807) is 7.05 Å². The van der Waals surface area contributed by atoms with Crippen molar-refractivity contribution in [2.75, 3.05) is 20.2 Å². The first kappa shape index (κ1) is 14.3. The molecule has 15 heavy (non-hydrogen) atoms. The van der Waals surface area contributed by atoms with E-state index in [0.717, 1.165) is 6.42 Å². The molecule has 0 aromatic rings. The third-order valence-electron chi connectivity index (χ3n) is 2.44. The first-order valence-corrected chi connectivity index (χ1v) is 5.45. The summed E-state index contributed by atoms with van der Waals surface area (Å²) >= 11 is 0. The highest BCUT2D eigenvalue weighted by molar-refractivity contribution is 5.76. The molecular weight excluding hydrogens is 194 g/mol. The first-order chi connectivity index (χ1) is 7.17. The third-order valence-corrected chi connectivity index (χ3v) is 2.44. The molecule has 0 aromatic heterocycles. The molecule has 0 heterocycles. The topological polar surface area (TPSA) is 87.4 Å². The zero-order valence-corrected chi connectivity index (χ0v) is 9.62. The van der Waals surface area contributed by atoms with Gasteiger partial charge in [-0.1, -0.05) is 6.92 Å². The molecule has 0 radical (unpaired) electrons. The Balaban J connectivity index is 3.99. The van der Waals surface area contributed by atoms with E-state index in [-0.39, 0.29) is 24.6 Å². The van der Waals surface area contributed by atoms with Crippen molar-refractivity contribution in [2.45, 2.75) is 38.3 Å². The predicted octanol–water partition coefficient (Wildman–Crippen LogP) is -0.800. The van der Waals surface area contributed by atoms with Crippen LogP contribution in [0.25, 0.3) is 0 Å². The van der Waals surface area contributed by atoms with Crippen LogP contribution in [0.3, 0.4) is 0 Å². The molecule has 0 rings (SSSR count). The number of amides is 1. The Bertz CT molecular complexity index is 176. The number of aliphatic hydroxyl groups excluding tert-OH is 1. The lowest BCUT2D eigenvalue weighted by molar-refractivity contribution is -0.121. The van der Waals surface area contributed by atoms with Gasteiger partial charge in [-0.3, -0.25) is 4.79 Å². The van der Waals surface area contributed by atoms with Crippen LogP contribution in [-0.2, 0) is 4.79 Å². The Labute approximate surface area is 91.4 Å². The second-order valence-corrected chi connectivity index (χ2v) is 3.59. The van der Waals surface area contributed by atoms with Crippen LogP contribution in [0.4, 0.5) is 0 Å². The Morgan fingerprint density at radius 3 is 2.53 bits per heavy atom. The van der Waals surface area contributed by atoms with Crippen molar-refractivity contribution < 1.29 is 9.90 Å². The van der Waals surface area contributed by atoms with E-state index < -0.39 is 0 Å². The van der Waals surface area contributed by atoms with Gasteiger partial charge in [0, 0.05) is 38.7 Å². The van der Waals surface area contributed by atoms with E-state index >= 15 is 0 Å². The van der Waals surface area contributed by atoms with Crippen LogP contribution >= 0.6 is 0 Å². The van der Waals surface area contributed by atoms with Gasteiger partial charge >= 0.3 is 0 Å². The Kier molecular flexibility index (Phi) is 8.27. The van der Waals surface area contributed by atoms with Gasteiger partial charge in [0.05, 0.1) is 0 Å². The number of nitrogens with two attached hydrogens (primary N) is 1. The van der Waals surface area contributed by atoms with Crippen LogP contribution in [-0.4, -0.2) is 43.3 Å². The van der Waals surface area contributed by atoms with Crippen molar-refractivity contribution in [3.8, 4) is 0 Å². The van der Waals surface area contributed by atoms with Crippen LogP contribution in [0.1, 0.15) is 26.2 Å². The van der Waals surface area contributed by atoms with Crippen molar-refractivity contribution >= 4 is 5.91 Å². The molecule has 0 aliphatic rings. The summed E-state index contributed by atoms with van der Waals surface area (Å²) in [4.78, 5) is 11.2. The molecule has 90 valence electrons. The molecule has 5 heteroatoms. The average molecular weight is 217 g/mol. The molecule has 2 unspecified atom stereocenters. The normalized spacial score (nSPS) is 14.7. The molecule has 0 saturated carbocycles. The highest BCUT2D eigenvalue weighted by atomic mass is 16.3. The molecule has 0 fully saturated rings. The molecule has 2 atom stereocenters. The fraction of sp³-hybridized carbons (Fsp3) is 0.900. The lowest BCUT2D eigenvalue weighted by atomic mass is 10.1. The van der Waals surface area contributed by atoms with E-state index in [1.807, 2.05) is 6.92 Å². The SMILES string of the molecule is CCC(CCO)NC(CN)CC(=O)NC. The van der Waals surface area contributed by atoms with Crippen LogP contribution in [0.5, 0.6) is 0 Å². The second kappa shape index (κ2) is 8.64. The molecule has 5 N–H and O–H groups in total. The van der Waals surface area contributed by atoms with Gasteiger partial charge in [0.1, 0.15) is 0 Å². The van der Waals surface area contributed by atoms with Crippen molar-refractivity contribution in [1.29, 1.82) is 0 Å². The van der Waals surface area contributed by atoms with Crippen LogP contribution in [0.15, 0.2) is 0 Å². The van der Waals surface area contributed by atoms with Crippen molar-refractivity contribution in [3.63, 3.8) is 0 Å². The smallest absolute Gasteiger partial charge is 0.221 e. The maximum absolute atomic E-state index is 11.2. The van der Waals surface area contributed by atoms with Gasteiger partial charge < -0.3 is 21.5 Å². The molecule has 0 aliphatic carbocycles. The van der Waals surface area contributed by atoms with Gasteiger partial charge in [-0.25, -0.2) is 0 Å². The van der Waals surface area contributed by atoms with E-state index in [1.165, 1.54) is 0 Å². The summed E-state index contributed by atoms with van der Waals surface area (Å²) in [6, 6.07) is 0.217. The Morgan fingerprint density at radius 2 is 2.13 bits per heavy atom. The fourth-order valence-electron chi connectivity index (χ4n) is 1.43. The number of rotatable bonds is 8. The highest BCUT2D eigenvalue weighted by Crippen LogP contribution is 2.00. The highest BCUT2D eigenvalue weighted by Gasteiger charge is 2.15. The largest absolute Gasteiger partial charge is 0.396 e. The van der Waals surface area contributed by atoms with Crippen molar-refractivity contribution in [2.24, 2.45) is 5.73 Å². The third kappa shape index (κ3) is 6.43. The molecule has 5 nitrogen and oxygen atoms in total. The summed E-state index contributed by atoms with van der Waals surface area (Å²) < 4.78 is 0. The predicted molar refractivity (Wildman–Crippen MR) is 60.4 cm³/mol. The maximum Gasteiger partial charge on any atom is 0.221 e. The van der Waals surface area contributed by atoms with Crippen LogP contribution in [0.2, 0.25) is 0 Å². The summed E-state index contributed by atoms with van der Waals surface area (Å²) in [5.41, 5.74) is 5.57. The fourth-order valence-corrected chi connectivity index (χ4v) is 1.43. The number of hydrogen-bond donors (Lipinski definition) is 4. The number of nitrogens with one attached hydrogen (secondary N) is 2. The van der Waals surface area contributed by atoms with Crippen molar-refractivity contribution in [3.05, 3.63) is 0 Å². The van der Waals surface area contributed by atoms with Gasteiger partial charge in [0.15, 0.2) is 0 Å². The molecule has 1 amide bonds. The Morgan fingerprint density at radius 1 is 1.47 bits per heavy atom. The van der Waals surface area contributed by atoms with Gasteiger partial charge in [0.2, 0.25) is 5.91 Å². The lowest BCUT2D eigenvalue weighted by Gasteiger charge is -2.23. The summed E-state index contributed by atoms with van der Waals surface area (Å²) in [5, 5.41) is 14.7. The summed E-state index contributed by atoms with van der Waals surface area (Å²) in [6.07, 6.45) is 2.00. The summed E-state index contributed by atoms with van der Waals surface area (Å²) in [6.45, 7) is 2.62. The van der Waals surface area contributed by atoms with E-state index in [0.29, 0.717) is 19.4 Å². The average Bonchev–Trinajstić information content (AvgIpc) is 2.26. The zero-order valence-electron chi connectivity index (χ0n) is 9.62. The zero-order chi connectivity index (χ0) is 11.7. The number of carbonyl (C=O) groups excluding carboxylic acids is 1.